The molecule has 0 bridgehead atoms. The average Bonchev–Trinajstić information content (AvgIpc) is 3.13. The number of rotatable bonds is 6. The number of fused-ring (bicyclic) bond motifs is 1. The third-order valence-electron chi connectivity index (χ3n) is 4.99. The molecule has 1 amide bonds. The Morgan fingerprint density at radius 2 is 1.78 bits per heavy atom. The van der Waals surface area contributed by atoms with Gasteiger partial charge in [-0.3, -0.25) is 4.79 Å². The van der Waals surface area contributed by atoms with Crippen LogP contribution in [0.25, 0.3) is 11.0 Å². The molecule has 1 N–H and O–H groups in total. The number of methoxy groups -OCH3 is 1. The minimum atomic E-state index is -1.17. The molecule has 1 unspecified atom stereocenters. The third kappa shape index (κ3) is 4.53. The highest BCUT2D eigenvalue weighted by molar-refractivity contribution is 9.10. The summed E-state index contributed by atoms with van der Waals surface area (Å²) in [5.74, 6) is -0.549. The minimum Gasteiger partial charge on any atom is -0.497 e. The Morgan fingerprint density at radius 3 is 2.53 bits per heavy atom. The first-order valence-electron chi connectivity index (χ1n) is 9.86. The number of anilines is 1. The van der Waals surface area contributed by atoms with E-state index in [0.717, 1.165) is 9.86 Å². The number of furan rings is 1. The van der Waals surface area contributed by atoms with E-state index in [9.17, 15) is 9.59 Å². The van der Waals surface area contributed by atoms with Crippen LogP contribution in [0.5, 0.6) is 5.75 Å². The van der Waals surface area contributed by atoms with E-state index >= 15 is 0 Å². The van der Waals surface area contributed by atoms with E-state index in [1.165, 1.54) is 0 Å². The first-order chi connectivity index (χ1) is 15.5. The summed E-state index contributed by atoms with van der Waals surface area (Å²) in [5, 5.41) is 3.58. The van der Waals surface area contributed by atoms with Gasteiger partial charge in [0, 0.05) is 32.7 Å². The lowest BCUT2D eigenvalue weighted by molar-refractivity contribution is -0.125. The van der Waals surface area contributed by atoms with Crippen LogP contribution in [0.2, 0.25) is 0 Å². The lowest BCUT2D eigenvalue weighted by Gasteiger charge is -2.18. The van der Waals surface area contributed by atoms with E-state index in [-0.39, 0.29) is 5.76 Å². The normalized spacial score (nSPS) is 11.7. The van der Waals surface area contributed by atoms with Crippen molar-refractivity contribution in [3.8, 4) is 5.75 Å². The SMILES string of the molecule is COc1cccc(NC(=O)C(OC(=O)c2oc3ccc(Br)cc3c2C)c2ccccc2)c1. The number of carbonyl (C=O) groups is 2. The van der Waals surface area contributed by atoms with Crippen molar-refractivity contribution in [2.75, 3.05) is 12.4 Å². The van der Waals surface area contributed by atoms with Crippen molar-refractivity contribution < 1.29 is 23.5 Å². The summed E-state index contributed by atoms with van der Waals surface area (Å²) in [6, 6.07) is 21.2. The number of ether oxygens (including phenoxy) is 2. The first-order valence-corrected chi connectivity index (χ1v) is 10.6. The maximum atomic E-state index is 13.1. The van der Waals surface area contributed by atoms with E-state index in [2.05, 4.69) is 21.2 Å². The van der Waals surface area contributed by atoms with Gasteiger partial charge in [-0.05, 0) is 37.3 Å². The largest absolute Gasteiger partial charge is 0.497 e. The monoisotopic (exact) mass is 493 g/mol. The number of halogens is 1. The zero-order chi connectivity index (χ0) is 22.7. The van der Waals surface area contributed by atoms with Gasteiger partial charge in [0.2, 0.25) is 11.9 Å². The Kier molecular flexibility index (Phi) is 6.28. The fourth-order valence-electron chi connectivity index (χ4n) is 3.36. The molecule has 1 aromatic heterocycles. The molecule has 3 aromatic carbocycles. The van der Waals surface area contributed by atoms with E-state index in [4.69, 9.17) is 13.9 Å². The van der Waals surface area contributed by atoms with Crippen molar-refractivity contribution in [3.05, 3.63) is 94.2 Å². The van der Waals surface area contributed by atoms with E-state index in [1.54, 1.807) is 68.6 Å². The molecule has 0 radical (unpaired) electrons. The van der Waals surface area contributed by atoms with Crippen LogP contribution in [0.1, 0.15) is 27.8 Å². The van der Waals surface area contributed by atoms with Gasteiger partial charge < -0.3 is 19.2 Å². The van der Waals surface area contributed by atoms with Gasteiger partial charge in [0.15, 0.2) is 0 Å². The number of hydrogen-bond acceptors (Lipinski definition) is 5. The zero-order valence-electron chi connectivity index (χ0n) is 17.4. The molecule has 4 aromatic rings. The molecule has 0 spiro atoms. The summed E-state index contributed by atoms with van der Waals surface area (Å²) in [6.07, 6.45) is -1.17. The van der Waals surface area contributed by atoms with Gasteiger partial charge >= 0.3 is 5.97 Å². The van der Waals surface area contributed by atoms with Crippen LogP contribution < -0.4 is 10.1 Å². The highest BCUT2D eigenvalue weighted by Gasteiger charge is 2.29. The Morgan fingerprint density at radius 1 is 1.00 bits per heavy atom. The van der Waals surface area contributed by atoms with Crippen molar-refractivity contribution in [1.29, 1.82) is 0 Å². The van der Waals surface area contributed by atoms with E-state index in [0.29, 0.717) is 28.1 Å². The van der Waals surface area contributed by atoms with Crippen LogP contribution in [0.15, 0.2) is 81.7 Å². The Bertz CT molecular complexity index is 1280. The molecule has 0 aliphatic rings. The van der Waals surface area contributed by atoms with Crippen molar-refractivity contribution in [2.24, 2.45) is 0 Å². The molecular weight excluding hydrogens is 474 g/mol. The molecule has 162 valence electrons. The maximum absolute atomic E-state index is 13.1. The summed E-state index contributed by atoms with van der Waals surface area (Å²) >= 11 is 3.42. The number of nitrogens with one attached hydrogen (secondary N) is 1. The van der Waals surface area contributed by atoms with Crippen LogP contribution in [-0.4, -0.2) is 19.0 Å². The quantitative estimate of drug-likeness (QED) is 0.330. The van der Waals surface area contributed by atoms with Crippen LogP contribution in [0, 0.1) is 6.92 Å². The fraction of sp³-hybridized carbons (Fsp3) is 0.120. The molecule has 1 heterocycles. The van der Waals surface area contributed by atoms with Crippen molar-refractivity contribution in [3.63, 3.8) is 0 Å². The number of aryl methyl sites for hydroxylation is 1. The standard InChI is InChI=1S/C25H20BrNO5/c1-15-20-13-17(26)11-12-21(20)31-22(15)25(29)32-23(16-7-4-3-5-8-16)24(28)27-18-9-6-10-19(14-18)30-2/h3-14,23H,1-2H3,(H,27,28). The van der Waals surface area contributed by atoms with Gasteiger partial charge in [-0.15, -0.1) is 0 Å². The van der Waals surface area contributed by atoms with Crippen molar-refractivity contribution >= 4 is 44.5 Å². The van der Waals surface area contributed by atoms with Crippen LogP contribution >= 0.6 is 15.9 Å². The van der Waals surface area contributed by atoms with Gasteiger partial charge in [-0.2, -0.15) is 0 Å². The summed E-state index contributed by atoms with van der Waals surface area (Å²) < 4.78 is 17.5. The predicted octanol–water partition coefficient (Wildman–Crippen LogP) is 6.05. The second-order valence-electron chi connectivity index (χ2n) is 7.11. The number of carbonyl (C=O) groups excluding carboxylic acids is 2. The molecular formula is C25H20BrNO5. The molecule has 0 saturated carbocycles. The van der Waals surface area contributed by atoms with E-state index < -0.39 is 18.0 Å². The third-order valence-corrected chi connectivity index (χ3v) is 5.48. The summed E-state index contributed by atoms with van der Waals surface area (Å²) in [6.45, 7) is 1.78. The predicted molar refractivity (Wildman–Crippen MR) is 125 cm³/mol. The maximum Gasteiger partial charge on any atom is 0.375 e. The smallest absolute Gasteiger partial charge is 0.375 e. The van der Waals surface area contributed by atoms with Gasteiger partial charge in [0.25, 0.3) is 5.91 Å². The van der Waals surface area contributed by atoms with Gasteiger partial charge in [-0.1, -0.05) is 52.3 Å². The number of esters is 1. The topological polar surface area (TPSA) is 77.8 Å². The summed E-state index contributed by atoms with van der Waals surface area (Å²) in [4.78, 5) is 26.1. The van der Waals surface area contributed by atoms with Crippen molar-refractivity contribution in [2.45, 2.75) is 13.0 Å². The van der Waals surface area contributed by atoms with Gasteiger partial charge in [0.1, 0.15) is 11.3 Å². The Hall–Kier alpha value is -3.58. The molecule has 32 heavy (non-hydrogen) atoms. The molecule has 6 nitrogen and oxygen atoms in total. The van der Waals surface area contributed by atoms with Crippen molar-refractivity contribution in [1.82, 2.24) is 0 Å². The molecule has 0 fully saturated rings. The van der Waals surface area contributed by atoms with Gasteiger partial charge in [-0.25, -0.2) is 4.79 Å². The molecule has 0 aliphatic carbocycles. The second-order valence-corrected chi connectivity index (χ2v) is 8.03. The van der Waals surface area contributed by atoms with E-state index in [1.807, 2.05) is 18.2 Å². The zero-order valence-corrected chi connectivity index (χ0v) is 19.0. The highest BCUT2D eigenvalue weighted by atomic mass is 79.9. The summed E-state index contributed by atoms with van der Waals surface area (Å²) in [7, 11) is 1.55. The Labute approximate surface area is 193 Å². The molecule has 0 saturated heterocycles. The number of benzene rings is 3. The first kappa shape index (κ1) is 21.6. The minimum absolute atomic E-state index is 0.0632. The highest BCUT2D eigenvalue weighted by Crippen LogP contribution is 2.30. The number of amides is 1. The summed E-state index contributed by atoms with van der Waals surface area (Å²) in [5.41, 5.74) is 2.27. The molecule has 4 rings (SSSR count). The van der Waals surface area contributed by atoms with Crippen LogP contribution in [0.3, 0.4) is 0 Å². The second kappa shape index (κ2) is 9.28. The lowest BCUT2D eigenvalue weighted by Crippen LogP contribution is -2.26. The lowest BCUT2D eigenvalue weighted by atomic mass is 10.1. The molecule has 1 atom stereocenters. The van der Waals surface area contributed by atoms with Crippen LogP contribution in [0.4, 0.5) is 5.69 Å². The van der Waals surface area contributed by atoms with Crippen LogP contribution in [-0.2, 0) is 9.53 Å². The fourth-order valence-corrected chi connectivity index (χ4v) is 3.72. The van der Waals surface area contributed by atoms with Gasteiger partial charge in [0.05, 0.1) is 7.11 Å². The molecule has 0 aliphatic heterocycles. The number of hydrogen-bond donors (Lipinski definition) is 1. The molecule has 7 heteroatoms. The average molecular weight is 494 g/mol. The Balaban J connectivity index is 1.63.